The SMILES string of the molecule is C=C1N=CC(C(C)(C)C)=CN1C(C)C. The minimum absolute atomic E-state index is 0.150. The molecule has 0 radical (unpaired) electrons. The fraction of sp³-hybridized carbons (Fsp3) is 0.583. The predicted molar refractivity (Wildman–Crippen MR) is 62.1 cm³/mol. The summed E-state index contributed by atoms with van der Waals surface area (Å²) < 4.78 is 0. The van der Waals surface area contributed by atoms with Crippen molar-refractivity contribution in [1.82, 2.24) is 4.90 Å². The van der Waals surface area contributed by atoms with Crippen LogP contribution in [0.25, 0.3) is 0 Å². The molecule has 1 rings (SSSR count). The Bertz CT molecular complexity index is 290. The van der Waals surface area contributed by atoms with Crippen LogP contribution in [0.1, 0.15) is 34.6 Å². The van der Waals surface area contributed by atoms with Crippen molar-refractivity contribution in [2.24, 2.45) is 10.4 Å². The highest BCUT2D eigenvalue weighted by Crippen LogP contribution is 2.28. The first-order valence-electron chi connectivity index (χ1n) is 5.06. The molecule has 0 aromatic carbocycles. The third-order valence-electron chi connectivity index (χ3n) is 2.35. The molecule has 0 aliphatic carbocycles. The van der Waals surface area contributed by atoms with E-state index >= 15 is 0 Å². The van der Waals surface area contributed by atoms with Gasteiger partial charge in [-0.2, -0.15) is 0 Å². The van der Waals surface area contributed by atoms with Gasteiger partial charge >= 0.3 is 0 Å². The normalized spacial score (nSPS) is 17.7. The molecule has 0 saturated carbocycles. The highest BCUT2D eigenvalue weighted by Gasteiger charge is 2.21. The van der Waals surface area contributed by atoms with Gasteiger partial charge in [0.05, 0.1) is 0 Å². The van der Waals surface area contributed by atoms with Crippen LogP contribution in [-0.2, 0) is 0 Å². The van der Waals surface area contributed by atoms with Gasteiger partial charge in [-0.3, -0.25) is 0 Å². The fourth-order valence-electron chi connectivity index (χ4n) is 1.30. The van der Waals surface area contributed by atoms with E-state index in [4.69, 9.17) is 0 Å². The van der Waals surface area contributed by atoms with Gasteiger partial charge in [-0.1, -0.05) is 27.4 Å². The van der Waals surface area contributed by atoms with Gasteiger partial charge in [0.1, 0.15) is 5.82 Å². The molecule has 78 valence electrons. The lowest BCUT2D eigenvalue weighted by molar-refractivity contribution is 0.367. The zero-order chi connectivity index (χ0) is 10.9. The smallest absolute Gasteiger partial charge is 0.125 e. The second-order valence-corrected chi connectivity index (χ2v) is 5.01. The van der Waals surface area contributed by atoms with E-state index in [0.717, 1.165) is 5.82 Å². The summed E-state index contributed by atoms with van der Waals surface area (Å²) >= 11 is 0. The van der Waals surface area contributed by atoms with Gasteiger partial charge in [-0.25, -0.2) is 4.99 Å². The minimum Gasteiger partial charge on any atom is -0.331 e. The van der Waals surface area contributed by atoms with Crippen molar-refractivity contribution in [2.45, 2.75) is 40.7 Å². The molecule has 0 N–H and O–H groups in total. The molecular weight excluding hydrogens is 172 g/mol. The zero-order valence-electron chi connectivity index (χ0n) is 9.83. The van der Waals surface area contributed by atoms with Crippen molar-refractivity contribution in [1.29, 1.82) is 0 Å². The maximum Gasteiger partial charge on any atom is 0.125 e. The Labute approximate surface area is 87.0 Å². The summed E-state index contributed by atoms with van der Waals surface area (Å²) in [6.45, 7) is 14.8. The summed E-state index contributed by atoms with van der Waals surface area (Å²) in [5.74, 6) is 0.827. The fourth-order valence-corrected chi connectivity index (χ4v) is 1.30. The Morgan fingerprint density at radius 1 is 1.36 bits per heavy atom. The quantitative estimate of drug-likeness (QED) is 0.623. The van der Waals surface area contributed by atoms with Gasteiger partial charge in [0.15, 0.2) is 0 Å². The summed E-state index contributed by atoms with van der Waals surface area (Å²) in [5, 5.41) is 0. The van der Waals surface area contributed by atoms with Crippen molar-refractivity contribution >= 4 is 6.21 Å². The lowest BCUT2D eigenvalue weighted by Crippen LogP contribution is -2.28. The molecule has 2 heteroatoms. The van der Waals surface area contributed by atoms with Gasteiger partial charge in [0.25, 0.3) is 0 Å². The monoisotopic (exact) mass is 192 g/mol. The first kappa shape index (κ1) is 11.0. The Morgan fingerprint density at radius 2 is 1.93 bits per heavy atom. The third kappa shape index (κ3) is 2.25. The van der Waals surface area contributed by atoms with E-state index < -0.39 is 0 Å². The predicted octanol–water partition coefficient (Wildman–Crippen LogP) is 3.18. The summed E-state index contributed by atoms with van der Waals surface area (Å²) in [4.78, 5) is 6.43. The maximum absolute atomic E-state index is 4.32. The molecule has 0 fully saturated rings. The Morgan fingerprint density at radius 3 is 2.36 bits per heavy atom. The van der Waals surface area contributed by atoms with Gasteiger partial charge < -0.3 is 4.90 Å². The van der Waals surface area contributed by atoms with Crippen LogP contribution in [0.2, 0.25) is 0 Å². The first-order valence-corrected chi connectivity index (χ1v) is 5.06. The molecule has 0 saturated heterocycles. The average molecular weight is 192 g/mol. The molecule has 0 bridgehead atoms. The number of aliphatic imine (C=N–C) groups is 1. The number of nitrogens with zero attached hydrogens (tertiary/aromatic N) is 2. The summed E-state index contributed by atoms with van der Waals surface area (Å²) in [7, 11) is 0. The molecular formula is C12H20N2. The van der Waals surface area contributed by atoms with Crippen molar-refractivity contribution in [3.63, 3.8) is 0 Å². The number of hydrogen-bond donors (Lipinski definition) is 0. The number of rotatable bonds is 1. The third-order valence-corrected chi connectivity index (χ3v) is 2.35. The molecule has 0 aromatic rings. The molecule has 0 amide bonds. The van der Waals surface area contributed by atoms with Gasteiger partial charge in [0, 0.05) is 18.5 Å². The second kappa shape index (κ2) is 3.60. The molecule has 1 heterocycles. The van der Waals surface area contributed by atoms with Crippen LogP contribution < -0.4 is 0 Å². The standard InChI is InChI=1S/C12H20N2/c1-9(2)14-8-11(12(4,5)6)7-13-10(14)3/h7-9H,3H2,1-2,4-6H3. The Balaban J connectivity index is 2.97. The van der Waals surface area contributed by atoms with Crippen LogP contribution in [0.5, 0.6) is 0 Å². The lowest BCUT2D eigenvalue weighted by atomic mass is 9.87. The molecule has 0 spiro atoms. The largest absolute Gasteiger partial charge is 0.331 e. The highest BCUT2D eigenvalue weighted by molar-refractivity contribution is 5.81. The van der Waals surface area contributed by atoms with Crippen LogP contribution in [0.3, 0.4) is 0 Å². The second-order valence-electron chi connectivity index (χ2n) is 5.01. The summed E-state index contributed by atoms with van der Waals surface area (Å²) in [5.41, 5.74) is 1.40. The van der Waals surface area contributed by atoms with Crippen molar-refractivity contribution < 1.29 is 0 Å². The van der Waals surface area contributed by atoms with E-state index in [9.17, 15) is 0 Å². The molecule has 1 aliphatic rings. The van der Waals surface area contributed by atoms with Gasteiger partial charge in [-0.05, 0) is 24.8 Å². The summed E-state index contributed by atoms with van der Waals surface area (Å²) in [6.07, 6.45) is 4.07. The molecule has 2 nitrogen and oxygen atoms in total. The molecule has 0 atom stereocenters. The molecule has 0 unspecified atom stereocenters. The molecule has 1 aliphatic heterocycles. The van der Waals surface area contributed by atoms with E-state index in [0.29, 0.717) is 6.04 Å². The van der Waals surface area contributed by atoms with Gasteiger partial charge in [-0.15, -0.1) is 0 Å². The maximum atomic E-state index is 4.32. The highest BCUT2D eigenvalue weighted by atomic mass is 15.2. The number of hydrogen-bond acceptors (Lipinski definition) is 2. The summed E-state index contributed by atoms with van der Waals surface area (Å²) in [6, 6.07) is 0.414. The Kier molecular flexibility index (Phi) is 2.84. The topological polar surface area (TPSA) is 15.6 Å². The molecule has 0 aromatic heterocycles. The van der Waals surface area contributed by atoms with Crippen molar-refractivity contribution in [3.05, 3.63) is 24.2 Å². The van der Waals surface area contributed by atoms with Crippen molar-refractivity contribution in [3.8, 4) is 0 Å². The van der Waals surface area contributed by atoms with Crippen LogP contribution in [0, 0.1) is 5.41 Å². The van der Waals surface area contributed by atoms with E-state index in [2.05, 4.69) is 57.3 Å². The van der Waals surface area contributed by atoms with Crippen LogP contribution >= 0.6 is 0 Å². The van der Waals surface area contributed by atoms with Crippen molar-refractivity contribution in [2.75, 3.05) is 0 Å². The molecule has 14 heavy (non-hydrogen) atoms. The van der Waals surface area contributed by atoms with Crippen LogP contribution in [0.15, 0.2) is 29.2 Å². The number of allylic oxidation sites excluding steroid dienone is 1. The van der Waals surface area contributed by atoms with Gasteiger partial charge in [0.2, 0.25) is 0 Å². The zero-order valence-corrected chi connectivity index (χ0v) is 9.83. The van der Waals surface area contributed by atoms with E-state index in [1.807, 2.05) is 6.21 Å². The van der Waals surface area contributed by atoms with Crippen LogP contribution in [-0.4, -0.2) is 17.2 Å². The van der Waals surface area contributed by atoms with E-state index in [1.54, 1.807) is 0 Å². The van der Waals surface area contributed by atoms with E-state index in [-0.39, 0.29) is 5.41 Å². The lowest BCUT2D eigenvalue weighted by Gasteiger charge is -2.31. The Hall–Kier alpha value is -1.05. The van der Waals surface area contributed by atoms with Crippen LogP contribution in [0.4, 0.5) is 0 Å². The minimum atomic E-state index is 0.150. The average Bonchev–Trinajstić information content (AvgIpc) is 2.02. The first-order chi connectivity index (χ1) is 6.32. The van der Waals surface area contributed by atoms with E-state index in [1.165, 1.54) is 5.57 Å².